The van der Waals surface area contributed by atoms with Crippen LogP contribution in [0.2, 0.25) is 0 Å². The minimum Gasteiger partial charge on any atom is -0.300 e. The van der Waals surface area contributed by atoms with Crippen molar-refractivity contribution in [1.82, 2.24) is 0 Å². The number of hydrogen-bond acceptors (Lipinski definition) is 2. The van der Waals surface area contributed by atoms with Crippen LogP contribution in [-0.4, -0.2) is 6.61 Å². The van der Waals surface area contributed by atoms with E-state index in [9.17, 15) is 0 Å². The molecule has 0 radical (unpaired) electrons. The molecule has 0 heterocycles. The van der Waals surface area contributed by atoms with Crippen molar-refractivity contribution in [3.05, 3.63) is 12.2 Å². The Kier molecular flexibility index (Phi) is 3.65. The Morgan fingerprint density at radius 1 is 2.00 bits per heavy atom. The molecular weight excluding hydrogens is 90.1 g/mol. The fourth-order valence-corrected chi connectivity index (χ4v) is 0.220. The summed E-state index contributed by atoms with van der Waals surface area (Å²) in [6.45, 7) is 6.16. The predicted molar refractivity (Wildman–Crippen MR) is 31.7 cm³/mol. The summed E-state index contributed by atoms with van der Waals surface area (Å²) in [6, 6.07) is 0. The first-order valence-corrected chi connectivity index (χ1v) is 2.29. The maximum Gasteiger partial charge on any atom is 0.0887 e. The molecule has 0 atom stereocenters. The van der Waals surface area contributed by atoms with Crippen molar-refractivity contribution in [3.63, 3.8) is 0 Å². The largest absolute Gasteiger partial charge is 0.300 e. The Morgan fingerprint density at radius 2 is 2.57 bits per heavy atom. The zero-order chi connectivity index (χ0) is 5.70. The first-order valence-electron chi connectivity index (χ1n) is 2.29. The molecule has 2 heteroatoms. The molecule has 0 saturated carbocycles. The SMILES string of the molecule is C=C(CC)CON.[HH]. The molecule has 0 aromatic rings. The first-order chi connectivity index (χ1) is 3.31. The number of hydrogen-bond donors (Lipinski definition) is 1. The van der Waals surface area contributed by atoms with Crippen molar-refractivity contribution in [2.75, 3.05) is 6.61 Å². The van der Waals surface area contributed by atoms with Crippen LogP contribution in [0.4, 0.5) is 0 Å². The van der Waals surface area contributed by atoms with Gasteiger partial charge in [-0.1, -0.05) is 19.1 Å². The summed E-state index contributed by atoms with van der Waals surface area (Å²) in [6.07, 6.45) is 0.942. The normalized spacial score (nSPS) is 8.86. The van der Waals surface area contributed by atoms with Gasteiger partial charge < -0.3 is 4.84 Å². The van der Waals surface area contributed by atoms with E-state index >= 15 is 0 Å². The van der Waals surface area contributed by atoms with E-state index in [2.05, 4.69) is 11.4 Å². The Labute approximate surface area is 45.4 Å². The fourth-order valence-electron chi connectivity index (χ4n) is 0.220. The van der Waals surface area contributed by atoms with Crippen LogP contribution in [-0.2, 0) is 4.84 Å². The van der Waals surface area contributed by atoms with E-state index in [0.29, 0.717) is 6.61 Å². The van der Waals surface area contributed by atoms with Crippen molar-refractivity contribution in [2.45, 2.75) is 13.3 Å². The van der Waals surface area contributed by atoms with Gasteiger partial charge in [-0.15, -0.1) is 0 Å². The molecule has 0 aromatic carbocycles. The summed E-state index contributed by atoms with van der Waals surface area (Å²) >= 11 is 0. The second-order valence-electron chi connectivity index (χ2n) is 1.41. The van der Waals surface area contributed by atoms with E-state index in [1.807, 2.05) is 6.92 Å². The minimum atomic E-state index is 0. The third-order valence-corrected chi connectivity index (χ3v) is 0.787. The molecule has 0 amide bonds. The highest BCUT2D eigenvalue weighted by Gasteiger charge is 1.84. The Bertz CT molecular complexity index is 65.4. The van der Waals surface area contributed by atoms with Crippen LogP contribution in [0.25, 0.3) is 0 Å². The fraction of sp³-hybridized carbons (Fsp3) is 0.600. The molecule has 0 aliphatic heterocycles. The minimum absolute atomic E-state index is 0. The van der Waals surface area contributed by atoms with Crippen LogP contribution in [0.5, 0.6) is 0 Å². The van der Waals surface area contributed by atoms with Crippen molar-refractivity contribution in [3.8, 4) is 0 Å². The van der Waals surface area contributed by atoms with Crippen LogP contribution in [0.1, 0.15) is 14.8 Å². The van der Waals surface area contributed by atoms with E-state index in [0.717, 1.165) is 12.0 Å². The van der Waals surface area contributed by atoms with Gasteiger partial charge in [0, 0.05) is 1.43 Å². The van der Waals surface area contributed by atoms with Gasteiger partial charge in [0.1, 0.15) is 0 Å². The van der Waals surface area contributed by atoms with E-state index in [4.69, 9.17) is 5.90 Å². The van der Waals surface area contributed by atoms with E-state index in [-0.39, 0.29) is 1.43 Å². The summed E-state index contributed by atoms with van der Waals surface area (Å²) in [7, 11) is 0. The molecule has 0 bridgehead atoms. The molecule has 7 heavy (non-hydrogen) atoms. The maximum absolute atomic E-state index is 4.74. The lowest BCUT2D eigenvalue weighted by Crippen LogP contribution is -2.01. The Balaban J connectivity index is 0. The van der Waals surface area contributed by atoms with Gasteiger partial charge in [0.25, 0.3) is 0 Å². The Hall–Kier alpha value is -0.340. The van der Waals surface area contributed by atoms with Gasteiger partial charge in [-0.3, -0.25) is 0 Å². The van der Waals surface area contributed by atoms with Gasteiger partial charge in [-0.25, -0.2) is 5.90 Å². The smallest absolute Gasteiger partial charge is 0.0887 e. The highest BCUT2D eigenvalue weighted by atomic mass is 16.6. The summed E-state index contributed by atoms with van der Waals surface area (Å²) in [5, 5.41) is 0. The topological polar surface area (TPSA) is 35.2 Å². The maximum atomic E-state index is 4.74. The quantitative estimate of drug-likeness (QED) is 0.428. The lowest BCUT2D eigenvalue weighted by atomic mass is 10.3. The van der Waals surface area contributed by atoms with Crippen LogP contribution in [0, 0.1) is 0 Å². The second-order valence-corrected chi connectivity index (χ2v) is 1.41. The van der Waals surface area contributed by atoms with Crippen molar-refractivity contribution < 1.29 is 6.26 Å². The molecule has 0 aromatic heterocycles. The highest BCUT2D eigenvalue weighted by Crippen LogP contribution is 1.92. The third-order valence-electron chi connectivity index (χ3n) is 0.787. The summed E-state index contributed by atoms with van der Waals surface area (Å²) in [5.74, 6) is 4.74. The molecule has 0 rings (SSSR count). The molecule has 0 aliphatic carbocycles. The zero-order valence-electron chi connectivity index (χ0n) is 4.61. The molecule has 2 N–H and O–H groups in total. The molecule has 0 aliphatic rings. The summed E-state index contributed by atoms with van der Waals surface area (Å²) in [4.78, 5) is 4.29. The van der Waals surface area contributed by atoms with Crippen LogP contribution < -0.4 is 5.90 Å². The van der Waals surface area contributed by atoms with Gasteiger partial charge in [0.2, 0.25) is 0 Å². The molecule has 2 nitrogen and oxygen atoms in total. The molecule has 0 saturated heterocycles. The summed E-state index contributed by atoms with van der Waals surface area (Å²) < 4.78 is 0. The van der Waals surface area contributed by atoms with E-state index in [1.54, 1.807) is 0 Å². The molecule has 0 fully saturated rings. The molecule has 0 unspecified atom stereocenters. The lowest BCUT2D eigenvalue weighted by Gasteiger charge is -1.95. The van der Waals surface area contributed by atoms with Gasteiger partial charge in [0.15, 0.2) is 0 Å². The monoisotopic (exact) mass is 103 g/mol. The average Bonchev–Trinajstić information content (AvgIpc) is 1.68. The number of nitrogens with two attached hydrogens (primary N) is 1. The van der Waals surface area contributed by atoms with Crippen LogP contribution in [0.15, 0.2) is 12.2 Å². The van der Waals surface area contributed by atoms with Crippen LogP contribution >= 0.6 is 0 Å². The second kappa shape index (κ2) is 3.84. The van der Waals surface area contributed by atoms with E-state index in [1.165, 1.54) is 0 Å². The molecule has 0 spiro atoms. The van der Waals surface area contributed by atoms with E-state index < -0.39 is 0 Å². The first kappa shape index (κ1) is 6.66. The van der Waals surface area contributed by atoms with Crippen molar-refractivity contribution in [1.29, 1.82) is 0 Å². The molecular formula is C5H13NO. The van der Waals surface area contributed by atoms with Gasteiger partial charge >= 0.3 is 0 Å². The zero-order valence-corrected chi connectivity index (χ0v) is 4.61. The van der Waals surface area contributed by atoms with Crippen molar-refractivity contribution >= 4 is 0 Å². The standard InChI is InChI=1S/C5H11NO.H2/c1-3-5(2)4-7-6;/h2-4,6H2,1H3;1H. The summed E-state index contributed by atoms with van der Waals surface area (Å²) in [5.41, 5.74) is 1.03. The van der Waals surface area contributed by atoms with Crippen molar-refractivity contribution in [2.24, 2.45) is 5.90 Å². The predicted octanol–water partition coefficient (Wildman–Crippen LogP) is 1.09. The molecule has 44 valence electrons. The lowest BCUT2D eigenvalue weighted by molar-refractivity contribution is 0.160. The highest BCUT2D eigenvalue weighted by molar-refractivity contribution is 4.91. The number of rotatable bonds is 3. The third kappa shape index (κ3) is 3.49. The Morgan fingerprint density at radius 3 is 2.71 bits per heavy atom. The average molecular weight is 103 g/mol. The van der Waals surface area contributed by atoms with Gasteiger partial charge in [-0.05, 0) is 6.42 Å². The van der Waals surface area contributed by atoms with Crippen LogP contribution in [0.3, 0.4) is 0 Å². The van der Waals surface area contributed by atoms with Gasteiger partial charge in [0.05, 0.1) is 6.61 Å². The van der Waals surface area contributed by atoms with Gasteiger partial charge in [-0.2, -0.15) is 0 Å².